The zero-order chi connectivity index (χ0) is 40.0. The second-order valence-electron chi connectivity index (χ2n) is 15.1. The zero-order valence-electron chi connectivity index (χ0n) is 32.1. The molecule has 2 aliphatic heterocycles. The highest BCUT2D eigenvalue weighted by atomic mass is 79.9. The van der Waals surface area contributed by atoms with Gasteiger partial charge in [0.15, 0.2) is 11.6 Å². The van der Waals surface area contributed by atoms with Gasteiger partial charge in [0, 0.05) is 28.7 Å². The van der Waals surface area contributed by atoms with Crippen molar-refractivity contribution in [1.82, 2.24) is 0 Å². The highest BCUT2D eigenvalue weighted by molar-refractivity contribution is 9.10. The molecule has 4 aromatic carbocycles. The van der Waals surface area contributed by atoms with Gasteiger partial charge in [-0.1, -0.05) is 70.5 Å². The lowest BCUT2D eigenvalue weighted by atomic mass is 9.80. The Bertz CT molecular complexity index is 1980. The van der Waals surface area contributed by atoms with E-state index in [-0.39, 0.29) is 23.8 Å². The number of amides is 2. The molecule has 54 heavy (non-hydrogen) atoms. The van der Waals surface area contributed by atoms with Gasteiger partial charge in [-0.05, 0) is 126 Å². The summed E-state index contributed by atoms with van der Waals surface area (Å²) in [4.78, 5) is 49.9. The number of carbonyl (C=O) groups is 4. The minimum Gasteiger partial charge on any atom is -0.443 e. The number of benzene rings is 4. The molecule has 2 amide bonds. The van der Waals surface area contributed by atoms with E-state index < -0.39 is 18.3 Å². The van der Waals surface area contributed by atoms with E-state index in [9.17, 15) is 19.2 Å². The van der Waals surface area contributed by atoms with Crippen molar-refractivity contribution in [2.75, 3.05) is 22.9 Å². The molecule has 2 heterocycles. The molecule has 2 aliphatic rings. The Labute approximate surface area is 326 Å². The summed E-state index contributed by atoms with van der Waals surface area (Å²) in [5.74, 6) is 0.0301. The van der Waals surface area contributed by atoms with Crippen LogP contribution in [0, 0.1) is 0 Å². The first-order chi connectivity index (χ1) is 25.2. The van der Waals surface area contributed by atoms with Crippen molar-refractivity contribution < 1.29 is 38.7 Å². The van der Waals surface area contributed by atoms with Gasteiger partial charge in [-0.3, -0.25) is 19.4 Å². The number of hydrogen-bond donors (Lipinski definition) is 2. The number of ketones is 2. The molecule has 0 aliphatic carbocycles. The Hall–Kier alpha value is -4.78. The van der Waals surface area contributed by atoms with Crippen LogP contribution < -0.4 is 15.3 Å². The van der Waals surface area contributed by atoms with E-state index in [1.807, 2.05) is 90.1 Å². The molecule has 10 nitrogen and oxygen atoms in total. The molecule has 0 saturated heterocycles. The molecular formula is C42H48BBrN2O8. The molecule has 0 radical (unpaired) electrons. The van der Waals surface area contributed by atoms with Gasteiger partial charge >= 0.3 is 19.3 Å². The van der Waals surface area contributed by atoms with Crippen LogP contribution in [0.5, 0.6) is 0 Å². The van der Waals surface area contributed by atoms with E-state index in [1.165, 1.54) is 24.6 Å². The lowest BCUT2D eigenvalue weighted by molar-refractivity contribution is 0.0573. The number of carbonyl (C=O) groups excluding carboxylic acids is 4. The van der Waals surface area contributed by atoms with Crippen molar-refractivity contribution >= 4 is 63.6 Å². The van der Waals surface area contributed by atoms with Crippen LogP contribution in [0.2, 0.25) is 0 Å². The topological polar surface area (TPSA) is 134 Å². The number of Topliss-reactive ketones (excluding diaryl/α,β-unsaturated/α-hetero) is 2. The normalized spacial score (nSPS) is 13.0. The summed E-state index contributed by atoms with van der Waals surface area (Å²) in [5, 5.41) is 17.4. The fraction of sp³-hybridized carbons (Fsp3) is 0.333. The van der Waals surface area contributed by atoms with Crippen molar-refractivity contribution in [1.29, 1.82) is 0 Å². The summed E-state index contributed by atoms with van der Waals surface area (Å²) in [7, 11) is -1.47. The smallest absolute Gasteiger partial charge is 0.443 e. The quantitative estimate of drug-likeness (QED) is 0.156. The van der Waals surface area contributed by atoms with Gasteiger partial charge in [0.1, 0.15) is 11.2 Å². The van der Waals surface area contributed by atoms with Crippen LogP contribution >= 0.6 is 15.9 Å². The second kappa shape index (κ2) is 17.6. The summed E-state index contributed by atoms with van der Waals surface area (Å²) in [5.41, 5.74) is 7.06. The number of halogens is 1. The maximum absolute atomic E-state index is 12.4. The molecule has 0 spiro atoms. The van der Waals surface area contributed by atoms with Crippen LogP contribution in [0.1, 0.15) is 87.2 Å². The minimum atomic E-state index is -1.47. The molecule has 0 unspecified atom stereocenters. The van der Waals surface area contributed by atoms with E-state index in [1.54, 1.807) is 28.9 Å². The molecule has 0 fully saturated rings. The van der Waals surface area contributed by atoms with Crippen molar-refractivity contribution in [3.8, 4) is 11.1 Å². The van der Waals surface area contributed by atoms with Crippen LogP contribution in [0.15, 0.2) is 89.4 Å². The summed E-state index contributed by atoms with van der Waals surface area (Å²) in [6.45, 7) is 15.6. The van der Waals surface area contributed by atoms with E-state index in [4.69, 9.17) is 19.5 Å². The summed E-state index contributed by atoms with van der Waals surface area (Å²) < 4.78 is 11.9. The molecular weight excluding hydrogens is 751 g/mol. The Kier molecular flexibility index (Phi) is 13.7. The molecule has 0 saturated carbocycles. The fourth-order valence-electron chi connectivity index (χ4n) is 5.75. The summed E-state index contributed by atoms with van der Waals surface area (Å²) in [6, 6.07) is 25.8. The summed E-state index contributed by atoms with van der Waals surface area (Å²) >= 11 is 3.44. The third-order valence-electron chi connectivity index (χ3n) is 8.38. The first-order valence-electron chi connectivity index (χ1n) is 17.7. The number of fused-ring (bicyclic) bond motifs is 2. The van der Waals surface area contributed by atoms with Gasteiger partial charge in [-0.15, -0.1) is 0 Å². The molecule has 0 atom stereocenters. The van der Waals surface area contributed by atoms with Crippen molar-refractivity contribution in [3.63, 3.8) is 0 Å². The average molecular weight is 800 g/mol. The number of rotatable bonds is 4. The molecule has 284 valence electrons. The number of anilines is 2. The molecule has 0 aromatic heterocycles. The van der Waals surface area contributed by atoms with Crippen LogP contribution in [0.3, 0.4) is 0 Å². The summed E-state index contributed by atoms with van der Waals surface area (Å²) in [6.07, 6.45) is 1.13. The Morgan fingerprint density at radius 1 is 0.611 bits per heavy atom. The van der Waals surface area contributed by atoms with Gasteiger partial charge in [-0.2, -0.15) is 0 Å². The first kappa shape index (κ1) is 42.0. The average Bonchev–Trinajstić information content (AvgIpc) is 3.71. The van der Waals surface area contributed by atoms with Gasteiger partial charge in [0.2, 0.25) is 0 Å². The third kappa shape index (κ3) is 11.6. The Morgan fingerprint density at radius 2 is 1.02 bits per heavy atom. The molecule has 12 heteroatoms. The van der Waals surface area contributed by atoms with Gasteiger partial charge in [0.05, 0.1) is 11.4 Å². The molecule has 6 rings (SSSR count). The number of hydrogen-bond acceptors (Lipinski definition) is 8. The highest BCUT2D eigenvalue weighted by Gasteiger charge is 2.30. The standard InChI is InChI=1S/C21H23NO3.C13H16BrNO2.C8H9BO3/c1-14(23)15-5-7-16(8-6-15)17-9-10-19-18(13-17)11-12-22(19)20(24)25-21(2,3)4;1-13(2,3)17-12(16)15-7-6-9-8-10(14)4-5-11(9)15;1-6(10)7-2-4-8(5-3-7)9(11)12/h5-10,13H,11-12H2,1-4H3;4-5,8H,6-7H2,1-3H3;2-5,11-12H,1H3. The van der Waals surface area contributed by atoms with Gasteiger partial charge < -0.3 is 19.5 Å². The second-order valence-corrected chi connectivity index (χ2v) is 16.0. The predicted molar refractivity (Wildman–Crippen MR) is 217 cm³/mol. The minimum absolute atomic E-state index is 0.0334. The molecule has 0 bridgehead atoms. The van der Waals surface area contributed by atoms with Crippen LogP contribution in [-0.4, -0.2) is 65.2 Å². The maximum atomic E-state index is 12.4. The fourth-order valence-corrected chi connectivity index (χ4v) is 6.16. The maximum Gasteiger partial charge on any atom is 0.488 e. The van der Waals surface area contributed by atoms with Crippen molar-refractivity contribution in [2.45, 2.75) is 79.4 Å². The van der Waals surface area contributed by atoms with Crippen LogP contribution in [0.25, 0.3) is 11.1 Å². The molecule has 2 N–H and O–H groups in total. The van der Waals surface area contributed by atoms with E-state index in [0.717, 1.165) is 45.4 Å². The third-order valence-corrected chi connectivity index (χ3v) is 8.87. The predicted octanol–water partition coefficient (Wildman–Crippen LogP) is 8.17. The number of ether oxygens (including phenoxy) is 2. The van der Waals surface area contributed by atoms with Crippen LogP contribution in [-0.2, 0) is 22.3 Å². The lowest BCUT2D eigenvalue weighted by Gasteiger charge is -2.24. The van der Waals surface area contributed by atoms with Gasteiger partial charge in [0.25, 0.3) is 0 Å². The van der Waals surface area contributed by atoms with E-state index >= 15 is 0 Å². The van der Waals surface area contributed by atoms with E-state index in [0.29, 0.717) is 29.7 Å². The van der Waals surface area contributed by atoms with Crippen molar-refractivity contribution in [3.05, 3.63) is 112 Å². The highest BCUT2D eigenvalue weighted by Crippen LogP contribution is 2.34. The van der Waals surface area contributed by atoms with Crippen LogP contribution in [0.4, 0.5) is 21.0 Å². The van der Waals surface area contributed by atoms with Gasteiger partial charge in [-0.25, -0.2) is 9.59 Å². The first-order valence-corrected chi connectivity index (χ1v) is 18.5. The molecule has 4 aromatic rings. The largest absolute Gasteiger partial charge is 0.488 e. The SMILES string of the molecule is CC(=O)c1ccc(-c2ccc3c(c2)CCN3C(=O)OC(C)(C)C)cc1.CC(=O)c1ccc(B(O)O)cc1.CC(C)(C)OC(=O)N1CCc2cc(Br)ccc21. The van der Waals surface area contributed by atoms with Crippen molar-refractivity contribution in [2.24, 2.45) is 0 Å². The van der Waals surface area contributed by atoms with E-state index in [2.05, 4.69) is 28.1 Å². The monoisotopic (exact) mass is 798 g/mol. The Balaban J connectivity index is 0.000000194. The zero-order valence-corrected chi connectivity index (χ0v) is 33.7. The number of nitrogens with zero attached hydrogens (tertiary/aromatic N) is 2. The lowest BCUT2D eigenvalue weighted by Crippen LogP contribution is -2.35. The Morgan fingerprint density at radius 3 is 1.44 bits per heavy atom.